The van der Waals surface area contributed by atoms with Crippen LogP contribution in [0.15, 0.2) is 22.4 Å². The molecule has 10 heteroatoms. The average Bonchev–Trinajstić information content (AvgIpc) is 3.02. The number of esters is 1. The van der Waals surface area contributed by atoms with Gasteiger partial charge in [-0.25, -0.2) is 23.3 Å². The molecular weight excluding hydrogens is 390 g/mol. The first-order valence-corrected chi connectivity index (χ1v) is 10.5. The van der Waals surface area contributed by atoms with E-state index in [2.05, 4.69) is 4.98 Å². The molecule has 0 aliphatic rings. The molecule has 2 aromatic rings. The molecule has 0 aliphatic carbocycles. The van der Waals surface area contributed by atoms with Crippen LogP contribution in [-0.2, 0) is 26.2 Å². The predicted octanol–water partition coefficient (Wildman–Crippen LogP) is 2.14. The molecule has 0 atom stereocenters. The van der Waals surface area contributed by atoms with Crippen LogP contribution >= 0.6 is 11.3 Å². The molecule has 0 saturated heterocycles. The van der Waals surface area contributed by atoms with Crippen molar-refractivity contribution in [3.63, 3.8) is 0 Å². The van der Waals surface area contributed by atoms with Crippen molar-refractivity contribution < 1.29 is 22.7 Å². The van der Waals surface area contributed by atoms with E-state index in [1.54, 1.807) is 25.3 Å². The number of ether oxygens (including phenoxy) is 1. The summed E-state index contributed by atoms with van der Waals surface area (Å²) in [6.07, 6.45) is 0. The first-order chi connectivity index (χ1) is 12.5. The summed E-state index contributed by atoms with van der Waals surface area (Å²) in [6, 6.07) is 2.76. The van der Waals surface area contributed by atoms with E-state index in [4.69, 9.17) is 9.88 Å². The van der Waals surface area contributed by atoms with Gasteiger partial charge in [-0.05, 0) is 44.0 Å². The van der Waals surface area contributed by atoms with E-state index < -0.39 is 16.0 Å². The molecule has 27 heavy (non-hydrogen) atoms. The number of carbonyl (C=O) groups is 2. The lowest BCUT2D eigenvalue weighted by Gasteiger charge is -2.14. The van der Waals surface area contributed by atoms with Crippen molar-refractivity contribution in [1.82, 2.24) is 4.98 Å². The predicted molar refractivity (Wildman–Crippen MR) is 102 cm³/mol. The van der Waals surface area contributed by atoms with Crippen molar-refractivity contribution in [2.75, 3.05) is 11.4 Å². The molecule has 146 valence electrons. The van der Waals surface area contributed by atoms with Crippen molar-refractivity contribution in [2.45, 2.75) is 39.2 Å². The number of benzene rings is 1. The smallest absolute Gasteiger partial charge is 0.338 e. The Morgan fingerprint density at radius 3 is 2.52 bits per heavy atom. The number of anilines is 1. The summed E-state index contributed by atoms with van der Waals surface area (Å²) in [5.41, 5.74) is 1.70. The lowest BCUT2D eigenvalue weighted by Crippen LogP contribution is -2.27. The van der Waals surface area contributed by atoms with E-state index in [9.17, 15) is 18.0 Å². The molecule has 8 nitrogen and oxygen atoms in total. The van der Waals surface area contributed by atoms with Crippen LogP contribution < -0.4 is 10.0 Å². The highest BCUT2D eigenvalue weighted by atomic mass is 32.2. The number of primary sulfonamides is 1. The van der Waals surface area contributed by atoms with Crippen LogP contribution in [0.5, 0.6) is 0 Å². The highest BCUT2D eigenvalue weighted by Crippen LogP contribution is 2.23. The fourth-order valence-corrected chi connectivity index (χ4v) is 4.24. The molecule has 2 rings (SSSR count). The first kappa shape index (κ1) is 21.0. The van der Waals surface area contributed by atoms with Gasteiger partial charge in [0.15, 0.2) is 5.13 Å². The minimum Gasteiger partial charge on any atom is -0.456 e. The Morgan fingerprint density at radius 1 is 1.30 bits per heavy atom. The van der Waals surface area contributed by atoms with Gasteiger partial charge in [0.2, 0.25) is 15.9 Å². The van der Waals surface area contributed by atoms with Gasteiger partial charge in [0.05, 0.1) is 16.2 Å². The van der Waals surface area contributed by atoms with E-state index in [1.165, 1.54) is 29.2 Å². The van der Waals surface area contributed by atoms with Gasteiger partial charge in [0.1, 0.15) is 6.61 Å². The van der Waals surface area contributed by atoms with Gasteiger partial charge >= 0.3 is 5.97 Å². The summed E-state index contributed by atoms with van der Waals surface area (Å²) in [7, 11) is -3.95. The lowest BCUT2D eigenvalue weighted by molar-refractivity contribution is -0.116. The topological polar surface area (TPSA) is 120 Å². The van der Waals surface area contributed by atoms with Crippen LogP contribution in [0.4, 0.5) is 5.13 Å². The summed E-state index contributed by atoms with van der Waals surface area (Å²) < 4.78 is 28.6. The molecule has 0 aliphatic heterocycles. The Morgan fingerprint density at radius 2 is 1.96 bits per heavy atom. The molecular formula is C17H21N3O5S2. The number of carbonyl (C=O) groups excluding carboxylic acids is 2. The third-order valence-corrected chi connectivity index (χ3v) is 5.93. The van der Waals surface area contributed by atoms with Crippen LogP contribution in [-0.4, -0.2) is 31.8 Å². The number of sulfonamides is 1. The van der Waals surface area contributed by atoms with Crippen LogP contribution in [0.2, 0.25) is 0 Å². The average molecular weight is 412 g/mol. The number of nitrogens with two attached hydrogens (primary N) is 1. The Kier molecular flexibility index (Phi) is 6.34. The van der Waals surface area contributed by atoms with E-state index in [-0.39, 0.29) is 23.0 Å². The Balaban J connectivity index is 2.16. The largest absolute Gasteiger partial charge is 0.456 e. The quantitative estimate of drug-likeness (QED) is 0.727. The van der Waals surface area contributed by atoms with Gasteiger partial charge in [0, 0.05) is 18.8 Å². The standard InChI is InChI=1S/C17H21N3O5S2/c1-5-20(12(4)21)17-19-14(9-26-17)8-25-16(22)13-6-10(2)11(3)15(7-13)27(18,23)24/h6-7,9H,5,8H2,1-4H3,(H2,18,23,24). The molecule has 0 bridgehead atoms. The lowest BCUT2D eigenvalue weighted by atomic mass is 10.1. The number of aromatic nitrogens is 1. The zero-order valence-electron chi connectivity index (χ0n) is 15.5. The summed E-state index contributed by atoms with van der Waals surface area (Å²) in [5, 5.41) is 7.43. The zero-order chi connectivity index (χ0) is 20.4. The molecule has 1 aromatic carbocycles. The maximum Gasteiger partial charge on any atom is 0.338 e. The third kappa shape index (κ3) is 4.90. The van der Waals surface area contributed by atoms with E-state index in [0.29, 0.717) is 28.5 Å². The molecule has 0 radical (unpaired) electrons. The van der Waals surface area contributed by atoms with Crippen molar-refractivity contribution >= 4 is 38.4 Å². The molecule has 1 aromatic heterocycles. The SMILES string of the molecule is CCN(C(C)=O)c1nc(COC(=O)c2cc(C)c(C)c(S(N)(=O)=O)c2)cs1. The number of thiazole rings is 1. The summed E-state index contributed by atoms with van der Waals surface area (Å²) in [6.45, 7) is 6.99. The third-order valence-electron chi connectivity index (χ3n) is 3.98. The molecule has 1 amide bonds. The number of amides is 1. The van der Waals surface area contributed by atoms with E-state index in [0.717, 1.165) is 0 Å². The second-order valence-electron chi connectivity index (χ2n) is 5.92. The first-order valence-electron chi connectivity index (χ1n) is 8.08. The Bertz CT molecular complexity index is 982. The highest BCUT2D eigenvalue weighted by Gasteiger charge is 2.19. The molecule has 0 saturated carbocycles. The van der Waals surface area contributed by atoms with Crippen molar-refractivity contribution in [3.8, 4) is 0 Å². The fourth-order valence-electron chi connectivity index (χ4n) is 2.44. The van der Waals surface area contributed by atoms with Crippen LogP contribution in [0.25, 0.3) is 0 Å². The monoisotopic (exact) mass is 411 g/mol. The van der Waals surface area contributed by atoms with Crippen molar-refractivity contribution in [3.05, 3.63) is 39.9 Å². The van der Waals surface area contributed by atoms with E-state index in [1.807, 2.05) is 6.92 Å². The highest BCUT2D eigenvalue weighted by molar-refractivity contribution is 7.89. The summed E-state index contributed by atoms with van der Waals surface area (Å²) in [4.78, 5) is 29.6. The van der Waals surface area contributed by atoms with Gasteiger partial charge in [-0.3, -0.25) is 9.69 Å². The minimum absolute atomic E-state index is 0.0940. The normalized spacial score (nSPS) is 11.3. The number of aryl methyl sites for hydroxylation is 1. The number of hydrogen-bond donors (Lipinski definition) is 1. The van der Waals surface area contributed by atoms with Crippen molar-refractivity contribution in [2.24, 2.45) is 5.14 Å². The van der Waals surface area contributed by atoms with Crippen LogP contribution in [0.1, 0.15) is 41.0 Å². The number of hydrogen-bond acceptors (Lipinski definition) is 7. The van der Waals surface area contributed by atoms with Gasteiger partial charge in [-0.2, -0.15) is 0 Å². The molecule has 2 N–H and O–H groups in total. The zero-order valence-corrected chi connectivity index (χ0v) is 17.1. The van der Waals surface area contributed by atoms with Gasteiger partial charge < -0.3 is 4.74 Å². The maximum atomic E-state index is 12.3. The second-order valence-corrected chi connectivity index (χ2v) is 8.29. The molecule has 0 fully saturated rings. The maximum absolute atomic E-state index is 12.3. The minimum atomic E-state index is -3.95. The van der Waals surface area contributed by atoms with Crippen LogP contribution in [0, 0.1) is 13.8 Å². The molecule has 0 spiro atoms. The van der Waals surface area contributed by atoms with Gasteiger partial charge in [0.25, 0.3) is 0 Å². The van der Waals surface area contributed by atoms with Gasteiger partial charge in [-0.1, -0.05) is 0 Å². The molecule has 1 heterocycles. The number of nitrogens with zero attached hydrogens (tertiary/aromatic N) is 2. The Hall–Kier alpha value is -2.30. The fraction of sp³-hybridized carbons (Fsp3) is 0.353. The van der Waals surface area contributed by atoms with Crippen LogP contribution in [0.3, 0.4) is 0 Å². The van der Waals surface area contributed by atoms with Gasteiger partial charge in [-0.15, -0.1) is 11.3 Å². The number of rotatable bonds is 6. The summed E-state index contributed by atoms with van der Waals surface area (Å²) >= 11 is 1.28. The molecule has 0 unspecified atom stereocenters. The van der Waals surface area contributed by atoms with E-state index >= 15 is 0 Å². The second kappa shape index (κ2) is 8.15. The Labute approximate surface area is 162 Å². The summed E-state index contributed by atoms with van der Waals surface area (Å²) in [5.74, 6) is -0.808. The van der Waals surface area contributed by atoms with Crippen molar-refractivity contribution in [1.29, 1.82) is 0 Å².